The zero-order valence-electron chi connectivity index (χ0n) is 12.8. The zero-order valence-corrected chi connectivity index (χ0v) is 12.8. The zero-order chi connectivity index (χ0) is 15.5. The van der Waals surface area contributed by atoms with Crippen molar-refractivity contribution in [2.24, 2.45) is 5.92 Å². The van der Waals surface area contributed by atoms with Crippen LogP contribution in [0.5, 0.6) is 0 Å². The number of carbonyl (C=O) groups is 1. The van der Waals surface area contributed by atoms with Crippen LogP contribution in [-0.2, 0) is 6.54 Å². The third-order valence-electron chi connectivity index (χ3n) is 5.00. The molecule has 1 aliphatic heterocycles. The van der Waals surface area contributed by atoms with Crippen molar-refractivity contribution in [3.05, 3.63) is 18.0 Å². The smallest absolute Gasteiger partial charge is 0.272 e. The Kier molecular flexibility index (Phi) is 4.74. The number of hydrogen-bond acceptors (Lipinski definition) is 2. The van der Waals surface area contributed by atoms with Crippen LogP contribution in [0.1, 0.15) is 55.4 Å². The van der Waals surface area contributed by atoms with Crippen LogP contribution in [0.2, 0.25) is 0 Å². The molecule has 0 spiro atoms. The Morgan fingerprint density at radius 2 is 2.00 bits per heavy atom. The summed E-state index contributed by atoms with van der Waals surface area (Å²) >= 11 is 0. The van der Waals surface area contributed by atoms with E-state index in [9.17, 15) is 13.6 Å². The quantitative estimate of drug-likeness (QED) is 0.855. The fourth-order valence-corrected chi connectivity index (χ4v) is 3.99. The van der Waals surface area contributed by atoms with Gasteiger partial charge < -0.3 is 4.90 Å². The molecule has 1 aliphatic carbocycles. The summed E-state index contributed by atoms with van der Waals surface area (Å²) in [7, 11) is 0. The van der Waals surface area contributed by atoms with Gasteiger partial charge in [0, 0.05) is 18.8 Å². The van der Waals surface area contributed by atoms with Crippen molar-refractivity contribution in [2.45, 2.75) is 64.0 Å². The number of amides is 1. The van der Waals surface area contributed by atoms with Gasteiger partial charge in [-0.1, -0.05) is 19.3 Å². The Morgan fingerprint density at radius 3 is 2.73 bits per heavy atom. The minimum atomic E-state index is -2.50. The topological polar surface area (TPSA) is 38.1 Å². The number of alkyl halides is 2. The molecule has 3 rings (SSSR count). The molecule has 1 atom stereocenters. The first-order valence-electron chi connectivity index (χ1n) is 8.27. The molecule has 2 fully saturated rings. The average Bonchev–Trinajstić information content (AvgIpc) is 3.16. The van der Waals surface area contributed by atoms with Gasteiger partial charge in [0.1, 0.15) is 12.2 Å². The van der Waals surface area contributed by atoms with Gasteiger partial charge in [0.15, 0.2) is 0 Å². The molecule has 0 radical (unpaired) electrons. The Hall–Kier alpha value is -1.46. The largest absolute Gasteiger partial charge is 0.334 e. The molecule has 122 valence electrons. The first-order valence-corrected chi connectivity index (χ1v) is 8.27. The van der Waals surface area contributed by atoms with E-state index in [1.165, 1.54) is 38.3 Å². The van der Waals surface area contributed by atoms with Crippen LogP contribution in [0, 0.1) is 5.92 Å². The normalized spacial score (nSPS) is 23.4. The minimum Gasteiger partial charge on any atom is -0.334 e. The Labute approximate surface area is 129 Å². The molecular formula is C16H23F2N3O. The number of carbonyl (C=O) groups excluding carboxylic acids is 1. The maximum Gasteiger partial charge on any atom is 0.272 e. The summed E-state index contributed by atoms with van der Waals surface area (Å²) in [5.41, 5.74) is 0.294. The fourth-order valence-electron chi connectivity index (χ4n) is 3.99. The summed E-state index contributed by atoms with van der Waals surface area (Å²) < 4.78 is 26.3. The summed E-state index contributed by atoms with van der Waals surface area (Å²) in [6.45, 7) is 0.218. The van der Waals surface area contributed by atoms with E-state index in [1.807, 2.05) is 4.90 Å². The maximum absolute atomic E-state index is 12.8. The number of rotatable bonds is 4. The monoisotopic (exact) mass is 311 g/mol. The van der Waals surface area contributed by atoms with Crippen molar-refractivity contribution in [1.29, 1.82) is 0 Å². The van der Waals surface area contributed by atoms with Crippen molar-refractivity contribution >= 4 is 5.91 Å². The minimum absolute atomic E-state index is 0.133. The molecule has 0 bridgehead atoms. The molecule has 1 saturated heterocycles. The molecule has 6 heteroatoms. The number of nitrogens with zero attached hydrogens (tertiary/aromatic N) is 3. The highest BCUT2D eigenvalue weighted by molar-refractivity contribution is 5.93. The molecule has 2 aliphatic rings. The van der Waals surface area contributed by atoms with Crippen molar-refractivity contribution in [2.75, 3.05) is 6.54 Å². The molecule has 1 unspecified atom stereocenters. The molecule has 1 saturated carbocycles. The number of halogens is 2. The van der Waals surface area contributed by atoms with E-state index >= 15 is 0 Å². The molecule has 1 aromatic heterocycles. The van der Waals surface area contributed by atoms with Gasteiger partial charge in [0.05, 0.1) is 0 Å². The summed E-state index contributed by atoms with van der Waals surface area (Å²) in [4.78, 5) is 14.7. The second-order valence-electron chi connectivity index (χ2n) is 6.40. The van der Waals surface area contributed by atoms with E-state index in [1.54, 1.807) is 6.07 Å². The van der Waals surface area contributed by atoms with Gasteiger partial charge >= 0.3 is 0 Å². The van der Waals surface area contributed by atoms with E-state index < -0.39 is 13.0 Å². The first-order chi connectivity index (χ1) is 10.7. The lowest BCUT2D eigenvalue weighted by Crippen LogP contribution is -2.41. The van der Waals surface area contributed by atoms with Crippen LogP contribution in [0.25, 0.3) is 0 Å². The van der Waals surface area contributed by atoms with Crippen molar-refractivity contribution < 1.29 is 13.6 Å². The number of hydrogen-bond donors (Lipinski definition) is 0. The van der Waals surface area contributed by atoms with Gasteiger partial charge in [-0.3, -0.25) is 9.48 Å². The van der Waals surface area contributed by atoms with Gasteiger partial charge in [0.2, 0.25) is 0 Å². The molecule has 4 nitrogen and oxygen atoms in total. The third-order valence-corrected chi connectivity index (χ3v) is 5.00. The van der Waals surface area contributed by atoms with Crippen molar-refractivity contribution in [1.82, 2.24) is 14.7 Å². The molecule has 22 heavy (non-hydrogen) atoms. The van der Waals surface area contributed by atoms with Gasteiger partial charge in [0.25, 0.3) is 12.3 Å². The number of likely N-dealkylation sites (tertiary alicyclic amines) is 1. The predicted octanol–water partition coefficient (Wildman–Crippen LogP) is 3.33. The lowest BCUT2D eigenvalue weighted by molar-refractivity contribution is 0.0638. The maximum atomic E-state index is 12.8. The molecule has 2 heterocycles. The van der Waals surface area contributed by atoms with Crippen LogP contribution in [0.15, 0.2) is 12.3 Å². The van der Waals surface area contributed by atoms with Gasteiger partial charge in [-0.2, -0.15) is 5.10 Å². The highest BCUT2D eigenvalue weighted by Gasteiger charge is 2.36. The molecule has 1 aromatic rings. The molecular weight excluding hydrogens is 288 g/mol. The van der Waals surface area contributed by atoms with E-state index in [0.29, 0.717) is 11.6 Å². The SMILES string of the molecule is O=C(c1ccnn1CC(F)F)N1CCCC1C1CCCCC1. The molecule has 0 aromatic carbocycles. The second kappa shape index (κ2) is 6.75. The molecule has 1 amide bonds. The standard InChI is InChI=1S/C16H23F2N3O/c17-15(18)11-21-14(8-9-19-21)16(22)20-10-4-7-13(20)12-5-2-1-3-6-12/h8-9,12-13,15H,1-7,10-11H2. The van der Waals surface area contributed by atoms with E-state index in [4.69, 9.17) is 0 Å². The van der Waals surface area contributed by atoms with Gasteiger partial charge in [-0.15, -0.1) is 0 Å². The number of aromatic nitrogens is 2. The summed E-state index contributed by atoms with van der Waals surface area (Å²) in [6.07, 6.45) is 7.13. The predicted molar refractivity (Wildman–Crippen MR) is 78.9 cm³/mol. The average molecular weight is 311 g/mol. The van der Waals surface area contributed by atoms with Crippen molar-refractivity contribution in [3.8, 4) is 0 Å². The highest BCUT2D eigenvalue weighted by atomic mass is 19.3. The van der Waals surface area contributed by atoms with Crippen LogP contribution in [0.4, 0.5) is 8.78 Å². The Bertz CT molecular complexity index is 511. The Balaban J connectivity index is 1.74. The van der Waals surface area contributed by atoms with E-state index in [0.717, 1.165) is 24.1 Å². The fraction of sp³-hybridized carbons (Fsp3) is 0.750. The van der Waals surface area contributed by atoms with Crippen LogP contribution >= 0.6 is 0 Å². The van der Waals surface area contributed by atoms with Crippen LogP contribution < -0.4 is 0 Å². The van der Waals surface area contributed by atoms with Gasteiger partial charge in [-0.25, -0.2) is 8.78 Å². The van der Waals surface area contributed by atoms with E-state index in [-0.39, 0.29) is 11.9 Å². The van der Waals surface area contributed by atoms with Crippen molar-refractivity contribution in [3.63, 3.8) is 0 Å². The van der Waals surface area contributed by atoms with Gasteiger partial charge in [-0.05, 0) is 37.7 Å². The lowest BCUT2D eigenvalue weighted by Gasteiger charge is -2.34. The summed E-state index contributed by atoms with van der Waals surface area (Å²) in [5, 5.41) is 3.88. The summed E-state index contributed by atoms with van der Waals surface area (Å²) in [6, 6.07) is 1.84. The third kappa shape index (κ3) is 3.15. The molecule has 0 N–H and O–H groups in total. The van der Waals surface area contributed by atoms with Crippen LogP contribution in [0.3, 0.4) is 0 Å². The highest BCUT2D eigenvalue weighted by Crippen LogP contribution is 2.35. The van der Waals surface area contributed by atoms with E-state index in [2.05, 4.69) is 5.10 Å². The summed E-state index contributed by atoms with van der Waals surface area (Å²) in [5.74, 6) is 0.442. The lowest BCUT2D eigenvalue weighted by atomic mass is 9.83. The Morgan fingerprint density at radius 1 is 1.23 bits per heavy atom. The van der Waals surface area contributed by atoms with Crippen LogP contribution in [-0.4, -0.2) is 39.6 Å². The first kappa shape index (κ1) is 15.4. The second-order valence-corrected chi connectivity index (χ2v) is 6.40.